The number of halogens is 1. The van der Waals surface area contributed by atoms with E-state index in [0.29, 0.717) is 5.57 Å². The second kappa shape index (κ2) is 5.30. The lowest BCUT2D eigenvalue weighted by atomic mass is 10.2. The third kappa shape index (κ3) is 3.51. The van der Waals surface area contributed by atoms with Gasteiger partial charge in [0.25, 0.3) is 5.91 Å². The molecule has 1 amide bonds. The Bertz CT molecular complexity index is 143. The summed E-state index contributed by atoms with van der Waals surface area (Å²) in [6.07, 6.45) is 3.85. The van der Waals surface area contributed by atoms with E-state index in [9.17, 15) is 4.79 Å². The minimum atomic E-state index is -0.213. The fraction of sp³-hybridized carbons (Fsp3) is 0.571. The van der Waals surface area contributed by atoms with Gasteiger partial charge in [0.1, 0.15) is 0 Å². The largest absolute Gasteiger partial charge is 0.268 e. The number of nitrogens with one attached hydrogen (secondary N) is 1. The molecule has 0 heterocycles. The predicted molar refractivity (Wildman–Crippen MR) is 42.7 cm³/mol. The number of hydrogen-bond acceptors (Lipinski definition) is 1. The second-order valence-electron chi connectivity index (χ2n) is 2.10. The molecule has 3 heteroatoms. The summed E-state index contributed by atoms with van der Waals surface area (Å²) < 4.78 is 0. The maximum Gasteiger partial charge on any atom is 0.260 e. The zero-order valence-electron chi connectivity index (χ0n) is 6.28. The lowest BCUT2D eigenvalue weighted by Gasteiger charge is -1.95. The van der Waals surface area contributed by atoms with E-state index in [-0.39, 0.29) is 5.91 Å². The van der Waals surface area contributed by atoms with Crippen LogP contribution in [0.4, 0.5) is 0 Å². The third-order valence-electron chi connectivity index (χ3n) is 1.18. The molecule has 0 aliphatic heterocycles. The Morgan fingerprint density at radius 2 is 2.30 bits per heavy atom. The summed E-state index contributed by atoms with van der Waals surface area (Å²) in [6, 6.07) is 0. The Kier molecular flexibility index (Phi) is 5.03. The highest BCUT2D eigenvalue weighted by Gasteiger charge is 1.98. The molecule has 0 saturated carbocycles. The van der Waals surface area contributed by atoms with Gasteiger partial charge in [-0.15, -0.1) is 0 Å². The molecule has 0 spiro atoms. The summed E-state index contributed by atoms with van der Waals surface area (Å²) in [5, 5.41) is 0. The minimum absolute atomic E-state index is 0.213. The second-order valence-corrected chi connectivity index (χ2v) is 2.29. The Balaban J connectivity index is 3.80. The zero-order chi connectivity index (χ0) is 7.98. The van der Waals surface area contributed by atoms with Gasteiger partial charge >= 0.3 is 0 Å². The van der Waals surface area contributed by atoms with Gasteiger partial charge in [0.15, 0.2) is 0 Å². The van der Waals surface area contributed by atoms with Gasteiger partial charge in [-0.1, -0.05) is 19.4 Å². The maximum atomic E-state index is 10.7. The van der Waals surface area contributed by atoms with E-state index in [0.717, 1.165) is 12.8 Å². The van der Waals surface area contributed by atoms with Gasteiger partial charge in [0.05, 0.1) is 0 Å². The summed E-state index contributed by atoms with van der Waals surface area (Å²) in [5.41, 5.74) is 0.678. The SMILES string of the molecule is CCCC=C(C)C(=O)NCl. The average molecular weight is 162 g/mol. The first-order valence-electron chi connectivity index (χ1n) is 3.30. The number of allylic oxidation sites excluding steroid dienone is 1. The number of amides is 1. The molecule has 58 valence electrons. The van der Waals surface area contributed by atoms with Crippen molar-refractivity contribution in [2.45, 2.75) is 26.7 Å². The van der Waals surface area contributed by atoms with Gasteiger partial charge in [-0.25, -0.2) is 0 Å². The summed E-state index contributed by atoms with van der Waals surface area (Å²) in [4.78, 5) is 12.7. The number of carbonyl (C=O) groups excluding carboxylic acids is 1. The van der Waals surface area contributed by atoms with Crippen LogP contribution in [0.15, 0.2) is 11.6 Å². The number of hydrogen-bond donors (Lipinski definition) is 1. The summed E-state index contributed by atoms with van der Waals surface area (Å²) in [5.74, 6) is -0.213. The highest BCUT2D eigenvalue weighted by Crippen LogP contribution is 1.97. The van der Waals surface area contributed by atoms with Gasteiger partial charge in [0.2, 0.25) is 0 Å². The summed E-state index contributed by atoms with van der Waals surface area (Å²) in [6.45, 7) is 3.80. The van der Waals surface area contributed by atoms with Crippen molar-refractivity contribution in [2.75, 3.05) is 0 Å². The molecule has 0 saturated heterocycles. The monoisotopic (exact) mass is 161 g/mol. The zero-order valence-corrected chi connectivity index (χ0v) is 7.03. The molecule has 0 aliphatic rings. The van der Waals surface area contributed by atoms with Crippen LogP contribution in [0.1, 0.15) is 26.7 Å². The van der Waals surface area contributed by atoms with Gasteiger partial charge in [-0.05, 0) is 13.3 Å². The Hall–Kier alpha value is -0.500. The highest BCUT2D eigenvalue weighted by molar-refractivity contribution is 6.23. The van der Waals surface area contributed by atoms with Crippen molar-refractivity contribution in [3.05, 3.63) is 11.6 Å². The fourth-order valence-electron chi connectivity index (χ4n) is 0.528. The molecule has 0 rings (SSSR count). The molecule has 1 N–H and O–H groups in total. The van der Waals surface area contributed by atoms with Crippen LogP contribution in [0.5, 0.6) is 0 Å². The fourth-order valence-corrected chi connectivity index (χ4v) is 0.677. The smallest absolute Gasteiger partial charge is 0.260 e. The standard InChI is InChI=1S/C7H12ClNO/c1-3-4-5-6(2)7(10)9-8/h5H,3-4H2,1-2H3,(H,9,10). The first-order chi connectivity index (χ1) is 4.72. The van der Waals surface area contributed by atoms with Crippen molar-refractivity contribution in [1.82, 2.24) is 4.84 Å². The molecule has 0 aromatic heterocycles. The molecule has 0 unspecified atom stereocenters. The Labute approximate surface area is 66.4 Å². The molecule has 0 atom stereocenters. The van der Waals surface area contributed by atoms with Gasteiger partial charge < -0.3 is 0 Å². The highest BCUT2D eigenvalue weighted by atomic mass is 35.5. The topological polar surface area (TPSA) is 29.1 Å². The molecular formula is C7H12ClNO. The molecule has 0 radical (unpaired) electrons. The van der Waals surface area contributed by atoms with Crippen LogP contribution in [0.2, 0.25) is 0 Å². The molecule has 0 aromatic carbocycles. The molecule has 0 aliphatic carbocycles. The van der Waals surface area contributed by atoms with Crippen molar-refractivity contribution in [3.63, 3.8) is 0 Å². The van der Waals surface area contributed by atoms with Crippen LogP contribution < -0.4 is 4.84 Å². The summed E-state index contributed by atoms with van der Waals surface area (Å²) >= 11 is 5.09. The van der Waals surface area contributed by atoms with Crippen molar-refractivity contribution >= 4 is 17.7 Å². The van der Waals surface area contributed by atoms with Crippen molar-refractivity contribution in [2.24, 2.45) is 0 Å². The van der Waals surface area contributed by atoms with Crippen LogP contribution in [0.25, 0.3) is 0 Å². The van der Waals surface area contributed by atoms with Gasteiger partial charge in [-0.2, -0.15) is 0 Å². The molecule has 10 heavy (non-hydrogen) atoms. The Morgan fingerprint density at radius 1 is 1.70 bits per heavy atom. The van der Waals surface area contributed by atoms with E-state index in [1.807, 2.05) is 10.9 Å². The average Bonchev–Trinajstić information content (AvgIpc) is 1.98. The molecule has 0 bridgehead atoms. The van der Waals surface area contributed by atoms with Crippen molar-refractivity contribution in [1.29, 1.82) is 0 Å². The predicted octanol–water partition coefficient (Wildman–Crippen LogP) is 2.00. The van der Waals surface area contributed by atoms with E-state index in [1.165, 1.54) is 0 Å². The number of carbonyl (C=O) groups is 1. The Morgan fingerprint density at radius 3 is 2.70 bits per heavy atom. The van der Waals surface area contributed by atoms with Crippen molar-refractivity contribution < 1.29 is 4.79 Å². The third-order valence-corrected chi connectivity index (χ3v) is 1.35. The lowest BCUT2D eigenvalue weighted by Crippen LogP contribution is -2.12. The normalized spacial score (nSPS) is 11.3. The van der Waals surface area contributed by atoms with Gasteiger partial charge in [-0.3, -0.25) is 9.63 Å². The molecular weight excluding hydrogens is 150 g/mol. The van der Waals surface area contributed by atoms with E-state index >= 15 is 0 Å². The first-order valence-corrected chi connectivity index (χ1v) is 3.68. The van der Waals surface area contributed by atoms with Gasteiger partial charge in [0, 0.05) is 17.3 Å². The van der Waals surface area contributed by atoms with E-state index in [4.69, 9.17) is 11.8 Å². The van der Waals surface area contributed by atoms with E-state index in [1.54, 1.807) is 6.92 Å². The minimum Gasteiger partial charge on any atom is -0.268 e. The molecule has 0 fully saturated rings. The van der Waals surface area contributed by atoms with Crippen LogP contribution in [0.3, 0.4) is 0 Å². The first kappa shape index (κ1) is 9.50. The number of rotatable bonds is 3. The van der Waals surface area contributed by atoms with E-state index in [2.05, 4.69) is 6.92 Å². The molecule has 0 aromatic rings. The van der Waals surface area contributed by atoms with Crippen LogP contribution in [-0.2, 0) is 4.79 Å². The van der Waals surface area contributed by atoms with E-state index < -0.39 is 0 Å². The lowest BCUT2D eigenvalue weighted by molar-refractivity contribution is -0.115. The molecule has 2 nitrogen and oxygen atoms in total. The summed E-state index contributed by atoms with van der Waals surface area (Å²) in [7, 11) is 0. The van der Waals surface area contributed by atoms with Crippen LogP contribution in [0, 0.1) is 0 Å². The van der Waals surface area contributed by atoms with Crippen molar-refractivity contribution in [3.8, 4) is 0 Å². The van der Waals surface area contributed by atoms with Crippen LogP contribution >= 0.6 is 11.8 Å². The number of unbranched alkanes of at least 4 members (excludes halogenated alkanes) is 1. The van der Waals surface area contributed by atoms with Crippen LogP contribution in [-0.4, -0.2) is 5.91 Å². The maximum absolute atomic E-state index is 10.7. The quantitative estimate of drug-likeness (QED) is 0.498.